The van der Waals surface area contributed by atoms with Gasteiger partial charge in [0.25, 0.3) is 0 Å². The quantitative estimate of drug-likeness (QED) is 0.466. The highest BCUT2D eigenvalue weighted by atomic mass is 16.4. The number of nitrogens with zero attached hydrogens (tertiary/aromatic N) is 2. The van der Waals surface area contributed by atoms with Gasteiger partial charge in [0.1, 0.15) is 6.54 Å². The van der Waals surface area contributed by atoms with Crippen molar-refractivity contribution in [3.05, 3.63) is 65.7 Å². The SMILES string of the molecule is CCCCN(CCCC)CC(=O)Nc1ccccc1C(=NCC(=O)O)c1ccccc1. The lowest BCUT2D eigenvalue weighted by Crippen LogP contribution is -2.35. The van der Waals surface area contributed by atoms with Crippen LogP contribution in [0.15, 0.2) is 59.6 Å². The standard InChI is InChI=1S/C25H33N3O3/c1-3-5-16-28(17-6-4-2)19-23(29)27-22-15-11-10-14-21(22)25(26-18-24(30)31)20-12-8-7-9-13-20/h7-15H,3-6,16-19H2,1-2H3,(H,27,29)(H,30,31). The molecule has 0 radical (unpaired) electrons. The highest BCUT2D eigenvalue weighted by Gasteiger charge is 2.16. The van der Waals surface area contributed by atoms with Crippen LogP contribution in [0.25, 0.3) is 0 Å². The molecule has 1 amide bonds. The number of para-hydroxylation sites is 1. The number of amides is 1. The van der Waals surface area contributed by atoms with Crippen molar-refractivity contribution in [1.82, 2.24) is 4.90 Å². The fourth-order valence-corrected chi connectivity index (χ4v) is 3.30. The predicted molar refractivity (Wildman–Crippen MR) is 126 cm³/mol. The second-order valence-corrected chi connectivity index (χ2v) is 7.50. The largest absolute Gasteiger partial charge is 0.480 e. The summed E-state index contributed by atoms with van der Waals surface area (Å²) in [5.41, 5.74) is 2.69. The Labute approximate surface area is 185 Å². The van der Waals surface area contributed by atoms with Crippen LogP contribution in [-0.2, 0) is 9.59 Å². The summed E-state index contributed by atoms with van der Waals surface area (Å²) in [5, 5.41) is 12.2. The molecule has 0 atom stereocenters. The number of benzene rings is 2. The molecule has 0 aliphatic carbocycles. The average Bonchev–Trinajstić information content (AvgIpc) is 2.77. The zero-order chi connectivity index (χ0) is 22.5. The van der Waals surface area contributed by atoms with E-state index >= 15 is 0 Å². The number of carboxylic acids is 1. The molecule has 2 rings (SSSR count). The first-order valence-corrected chi connectivity index (χ1v) is 11.0. The number of unbranched alkanes of at least 4 members (excludes halogenated alkanes) is 2. The van der Waals surface area contributed by atoms with Gasteiger partial charge in [-0.1, -0.05) is 75.2 Å². The number of rotatable bonds is 13. The fraction of sp³-hybridized carbons (Fsp3) is 0.400. The third-order valence-corrected chi connectivity index (χ3v) is 4.90. The highest BCUT2D eigenvalue weighted by molar-refractivity contribution is 6.17. The third kappa shape index (κ3) is 8.34. The number of carbonyl (C=O) groups excluding carboxylic acids is 1. The van der Waals surface area contributed by atoms with Crippen LogP contribution < -0.4 is 5.32 Å². The smallest absolute Gasteiger partial charge is 0.325 e. The maximum Gasteiger partial charge on any atom is 0.325 e. The lowest BCUT2D eigenvalue weighted by molar-refractivity contribution is -0.135. The summed E-state index contributed by atoms with van der Waals surface area (Å²) in [5.74, 6) is -1.08. The van der Waals surface area contributed by atoms with Crippen molar-refractivity contribution in [2.75, 3.05) is 31.5 Å². The van der Waals surface area contributed by atoms with E-state index in [1.54, 1.807) is 0 Å². The van der Waals surface area contributed by atoms with Crippen LogP contribution in [0.4, 0.5) is 5.69 Å². The summed E-state index contributed by atoms with van der Waals surface area (Å²) in [4.78, 5) is 30.5. The van der Waals surface area contributed by atoms with Gasteiger partial charge in [0.15, 0.2) is 0 Å². The Morgan fingerprint density at radius 2 is 1.55 bits per heavy atom. The number of carbonyl (C=O) groups is 2. The van der Waals surface area contributed by atoms with Gasteiger partial charge >= 0.3 is 5.97 Å². The van der Waals surface area contributed by atoms with E-state index in [4.69, 9.17) is 5.11 Å². The second-order valence-electron chi connectivity index (χ2n) is 7.50. The van der Waals surface area contributed by atoms with Gasteiger partial charge in [-0.3, -0.25) is 19.5 Å². The van der Waals surface area contributed by atoms with Gasteiger partial charge in [-0.25, -0.2) is 0 Å². The summed E-state index contributed by atoms with van der Waals surface area (Å²) in [6.45, 7) is 6.10. The number of aliphatic carboxylic acids is 1. The number of nitrogens with one attached hydrogen (secondary N) is 1. The lowest BCUT2D eigenvalue weighted by Gasteiger charge is -2.22. The first-order valence-electron chi connectivity index (χ1n) is 11.0. The highest BCUT2D eigenvalue weighted by Crippen LogP contribution is 2.20. The number of anilines is 1. The Morgan fingerprint density at radius 1 is 0.935 bits per heavy atom. The van der Waals surface area contributed by atoms with E-state index in [0.29, 0.717) is 23.5 Å². The summed E-state index contributed by atoms with van der Waals surface area (Å²) < 4.78 is 0. The molecule has 0 bridgehead atoms. The number of carboxylic acid groups (broad SMARTS) is 1. The van der Waals surface area contributed by atoms with Crippen molar-refractivity contribution in [1.29, 1.82) is 0 Å². The molecule has 0 saturated heterocycles. The van der Waals surface area contributed by atoms with Gasteiger partial charge in [-0.15, -0.1) is 0 Å². The summed E-state index contributed by atoms with van der Waals surface area (Å²) in [6, 6.07) is 16.8. The normalized spacial score (nSPS) is 11.5. The first kappa shape index (κ1) is 24.3. The van der Waals surface area contributed by atoms with Crippen LogP contribution in [-0.4, -0.2) is 53.8 Å². The average molecular weight is 424 g/mol. The Balaban J connectivity index is 2.25. The number of hydrogen-bond acceptors (Lipinski definition) is 4. The molecule has 166 valence electrons. The number of hydrogen-bond donors (Lipinski definition) is 2. The Bertz CT molecular complexity index is 857. The van der Waals surface area contributed by atoms with E-state index in [1.807, 2.05) is 54.6 Å². The van der Waals surface area contributed by atoms with Gasteiger partial charge in [0.2, 0.25) is 5.91 Å². The molecule has 6 nitrogen and oxygen atoms in total. The molecule has 6 heteroatoms. The molecule has 2 aromatic carbocycles. The Hall–Kier alpha value is -2.99. The van der Waals surface area contributed by atoms with Gasteiger partial charge in [0.05, 0.1) is 17.9 Å². The Morgan fingerprint density at radius 3 is 2.16 bits per heavy atom. The molecule has 2 N–H and O–H groups in total. The molecule has 0 unspecified atom stereocenters. The van der Waals surface area contributed by atoms with Crippen LogP contribution in [0.2, 0.25) is 0 Å². The summed E-state index contributed by atoms with van der Waals surface area (Å²) in [7, 11) is 0. The maximum absolute atomic E-state index is 12.8. The molecule has 2 aromatic rings. The third-order valence-electron chi connectivity index (χ3n) is 4.90. The van der Waals surface area contributed by atoms with Gasteiger partial charge in [0, 0.05) is 11.1 Å². The summed E-state index contributed by atoms with van der Waals surface area (Å²) in [6.07, 6.45) is 4.31. The summed E-state index contributed by atoms with van der Waals surface area (Å²) >= 11 is 0. The van der Waals surface area contributed by atoms with E-state index in [1.165, 1.54) is 0 Å². The molecule has 0 fully saturated rings. The second kappa shape index (κ2) is 13.3. The van der Waals surface area contributed by atoms with Crippen molar-refractivity contribution >= 4 is 23.3 Å². The molecule has 0 heterocycles. The van der Waals surface area contributed by atoms with Crippen molar-refractivity contribution < 1.29 is 14.7 Å². The van der Waals surface area contributed by atoms with E-state index in [0.717, 1.165) is 44.3 Å². The van der Waals surface area contributed by atoms with Crippen LogP contribution in [0.5, 0.6) is 0 Å². The van der Waals surface area contributed by atoms with Crippen molar-refractivity contribution in [3.8, 4) is 0 Å². The van der Waals surface area contributed by atoms with Crippen molar-refractivity contribution in [2.45, 2.75) is 39.5 Å². The van der Waals surface area contributed by atoms with E-state index < -0.39 is 5.97 Å². The molecule has 0 saturated carbocycles. The maximum atomic E-state index is 12.8. The molecule has 31 heavy (non-hydrogen) atoms. The lowest BCUT2D eigenvalue weighted by atomic mass is 10.0. The minimum Gasteiger partial charge on any atom is -0.480 e. The fourth-order valence-electron chi connectivity index (χ4n) is 3.30. The van der Waals surface area contributed by atoms with E-state index in [2.05, 4.69) is 29.1 Å². The zero-order valence-electron chi connectivity index (χ0n) is 18.5. The minimum absolute atomic E-state index is 0.0784. The van der Waals surface area contributed by atoms with Crippen LogP contribution in [0, 0.1) is 0 Å². The van der Waals surface area contributed by atoms with Gasteiger partial charge < -0.3 is 10.4 Å². The number of aliphatic imine (C=N–C) groups is 1. The van der Waals surface area contributed by atoms with Crippen LogP contribution >= 0.6 is 0 Å². The molecule has 0 aliphatic rings. The van der Waals surface area contributed by atoms with E-state index in [-0.39, 0.29) is 12.5 Å². The van der Waals surface area contributed by atoms with Gasteiger partial charge in [-0.2, -0.15) is 0 Å². The molecule has 0 aliphatic heterocycles. The van der Waals surface area contributed by atoms with Crippen molar-refractivity contribution in [2.24, 2.45) is 4.99 Å². The molecule has 0 spiro atoms. The zero-order valence-corrected chi connectivity index (χ0v) is 18.5. The van der Waals surface area contributed by atoms with Crippen molar-refractivity contribution in [3.63, 3.8) is 0 Å². The molecule has 0 aromatic heterocycles. The van der Waals surface area contributed by atoms with E-state index in [9.17, 15) is 9.59 Å². The molecular formula is C25H33N3O3. The van der Waals surface area contributed by atoms with Crippen LogP contribution in [0.3, 0.4) is 0 Å². The first-order chi connectivity index (χ1) is 15.0. The topological polar surface area (TPSA) is 82.0 Å². The minimum atomic E-state index is -1.00. The predicted octanol–water partition coefficient (Wildman–Crippen LogP) is 4.45. The Kier molecular flexibility index (Phi) is 10.4. The molecular weight excluding hydrogens is 390 g/mol. The van der Waals surface area contributed by atoms with Crippen LogP contribution in [0.1, 0.15) is 50.7 Å². The van der Waals surface area contributed by atoms with Gasteiger partial charge in [-0.05, 0) is 32.0 Å². The monoisotopic (exact) mass is 423 g/mol.